The second-order valence-electron chi connectivity index (χ2n) is 9.98. The van der Waals surface area contributed by atoms with Crippen LogP contribution in [0.4, 0.5) is 28.4 Å². The van der Waals surface area contributed by atoms with Crippen molar-refractivity contribution in [2.45, 2.75) is 9.79 Å². The van der Waals surface area contributed by atoms with E-state index >= 15 is 0 Å². The van der Waals surface area contributed by atoms with E-state index in [-0.39, 0.29) is 17.1 Å². The Morgan fingerprint density at radius 2 is 1.37 bits per heavy atom. The predicted octanol–water partition coefficient (Wildman–Crippen LogP) is 6.22. The van der Waals surface area contributed by atoms with Crippen LogP contribution < -0.4 is 10.7 Å². The number of carbonyl (C=O) groups excluding carboxylic acids is 1. The molecule has 0 saturated heterocycles. The number of anilines is 3. The van der Waals surface area contributed by atoms with Gasteiger partial charge < -0.3 is 14.4 Å². The molecule has 1 aliphatic carbocycles. The maximum atomic E-state index is 12.7. The molecule has 1 aliphatic rings. The first-order chi connectivity index (χ1) is 22.0. The summed E-state index contributed by atoms with van der Waals surface area (Å²) in [6, 6.07) is 27.1. The van der Waals surface area contributed by atoms with Gasteiger partial charge in [0.25, 0.3) is 0 Å². The molecule has 14 heteroatoms. The molecule has 0 radical (unpaired) electrons. The lowest BCUT2D eigenvalue weighted by molar-refractivity contribution is -0.108. The molecule has 0 heterocycles. The SMILES string of the molecule is O=C1C=Cc2cc(S(=O)(=O)[O-])ccc2C1=NNc1ccc(N=Nc2ccc(Nc3ccccc3)c(S(=O)(=O)[O-])c2)c2ccccc12. The lowest BCUT2D eigenvalue weighted by atomic mass is 9.95. The van der Waals surface area contributed by atoms with E-state index in [2.05, 4.69) is 26.1 Å². The second-order valence-corrected chi connectivity index (χ2v) is 12.7. The second kappa shape index (κ2) is 12.1. The molecular weight excluding hydrogens is 631 g/mol. The number of benzene rings is 5. The molecule has 5 aromatic rings. The Hall–Kier alpha value is -5.54. The van der Waals surface area contributed by atoms with E-state index in [1.165, 1.54) is 36.4 Å². The van der Waals surface area contributed by atoms with Gasteiger partial charge in [0.1, 0.15) is 25.9 Å². The molecule has 5 aromatic carbocycles. The fourth-order valence-electron chi connectivity index (χ4n) is 4.80. The number of nitrogens with zero attached hydrogens (tertiary/aromatic N) is 3. The molecule has 6 rings (SSSR count). The number of hydrogen-bond donors (Lipinski definition) is 2. The molecule has 0 unspecified atom stereocenters. The number of hydrogen-bond acceptors (Lipinski definition) is 12. The zero-order valence-electron chi connectivity index (χ0n) is 23.5. The number of carbonyl (C=O) groups is 1. The maximum absolute atomic E-state index is 12.7. The van der Waals surface area contributed by atoms with E-state index in [4.69, 9.17) is 0 Å². The van der Waals surface area contributed by atoms with Crippen molar-refractivity contribution in [2.75, 3.05) is 10.7 Å². The quantitative estimate of drug-likeness (QED) is 0.111. The topological polar surface area (TPSA) is 193 Å². The minimum absolute atomic E-state index is 0.0227. The number of azo groups is 1. The Kier molecular flexibility index (Phi) is 8.02. The van der Waals surface area contributed by atoms with Gasteiger partial charge in [-0.2, -0.15) is 10.2 Å². The smallest absolute Gasteiger partial charge is 0.206 e. The lowest BCUT2D eigenvalue weighted by Crippen LogP contribution is -2.19. The average molecular weight is 652 g/mol. The van der Waals surface area contributed by atoms with E-state index in [1.807, 2.05) is 0 Å². The molecular formula is C32H21N5O7S2-2. The van der Waals surface area contributed by atoms with E-state index in [0.717, 1.165) is 12.1 Å². The van der Waals surface area contributed by atoms with Crippen molar-refractivity contribution < 1.29 is 30.7 Å². The van der Waals surface area contributed by atoms with Crippen LogP contribution in [0, 0.1) is 0 Å². The van der Waals surface area contributed by atoms with Crippen molar-refractivity contribution in [2.24, 2.45) is 15.3 Å². The third-order valence-corrected chi connectivity index (χ3v) is 8.67. The number of ketones is 1. The molecule has 12 nitrogen and oxygen atoms in total. The number of allylic oxidation sites excluding steroid dienone is 1. The van der Waals surface area contributed by atoms with Crippen molar-refractivity contribution in [3.63, 3.8) is 0 Å². The minimum atomic E-state index is -4.85. The van der Waals surface area contributed by atoms with Crippen LogP contribution >= 0.6 is 0 Å². The summed E-state index contributed by atoms with van der Waals surface area (Å²) < 4.78 is 70.5. The third-order valence-electron chi connectivity index (χ3n) is 6.96. The summed E-state index contributed by atoms with van der Waals surface area (Å²) in [5.41, 5.74) is 5.42. The highest BCUT2D eigenvalue weighted by atomic mass is 32.2. The van der Waals surface area contributed by atoms with Gasteiger partial charge in [-0.15, -0.1) is 5.11 Å². The predicted molar refractivity (Wildman–Crippen MR) is 171 cm³/mol. The fraction of sp³-hybridized carbons (Fsp3) is 0. The monoisotopic (exact) mass is 651 g/mol. The molecule has 230 valence electrons. The molecule has 0 bridgehead atoms. The first-order valence-corrected chi connectivity index (χ1v) is 16.3. The van der Waals surface area contributed by atoms with Gasteiger partial charge in [-0.1, -0.05) is 54.6 Å². The highest BCUT2D eigenvalue weighted by molar-refractivity contribution is 7.86. The summed E-state index contributed by atoms with van der Waals surface area (Å²) >= 11 is 0. The number of para-hydroxylation sites is 1. The summed E-state index contributed by atoms with van der Waals surface area (Å²) in [6.45, 7) is 0. The van der Waals surface area contributed by atoms with Gasteiger partial charge in [0.2, 0.25) is 5.78 Å². The summed E-state index contributed by atoms with van der Waals surface area (Å²) in [5.74, 6) is -0.420. The Bertz CT molecular complexity index is 2340. The summed E-state index contributed by atoms with van der Waals surface area (Å²) in [5, 5.41) is 17.0. The molecule has 46 heavy (non-hydrogen) atoms. The van der Waals surface area contributed by atoms with E-state index < -0.39 is 35.8 Å². The van der Waals surface area contributed by atoms with Crippen LogP contribution in [0.5, 0.6) is 0 Å². The summed E-state index contributed by atoms with van der Waals surface area (Å²) in [4.78, 5) is 11.8. The summed E-state index contributed by atoms with van der Waals surface area (Å²) in [6.07, 6.45) is 2.66. The van der Waals surface area contributed by atoms with Crippen LogP contribution in [0.3, 0.4) is 0 Å². The fourth-order valence-corrected chi connectivity index (χ4v) is 5.96. The van der Waals surface area contributed by atoms with E-state index in [9.17, 15) is 30.7 Å². The highest BCUT2D eigenvalue weighted by Gasteiger charge is 2.21. The van der Waals surface area contributed by atoms with Gasteiger partial charge in [0.15, 0.2) is 0 Å². The van der Waals surface area contributed by atoms with Crippen LogP contribution in [0.2, 0.25) is 0 Å². The Morgan fingerprint density at radius 1 is 0.652 bits per heavy atom. The van der Waals surface area contributed by atoms with Crippen molar-refractivity contribution in [1.82, 2.24) is 0 Å². The zero-order chi connectivity index (χ0) is 32.5. The molecule has 0 spiro atoms. The highest BCUT2D eigenvalue weighted by Crippen LogP contribution is 2.35. The van der Waals surface area contributed by atoms with Gasteiger partial charge in [-0.3, -0.25) is 10.2 Å². The van der Waals surface area contributed by atoms with Crippen molar-refractivity contribution in [3.8, 4) is 0 Å². The van der Waals surface area contributed by atoms with Crippen molar-refractivity contribution >= 4 is 77.0 Å². The van der Waals surface area contributed by atoms with Gasteiger partial charge in [-0.05, 0) is 66.2 Å². The minimum Gasteiger partial charge on any atom is -0.744 e. The van der Waals surface area contributed by atoms with Crippen molar-refractivity contribution in [1.29, 1.82) is 0 Å². The van der Waals surface area contributed by atoms with Crippen LogP contribution in [-0.2, 0) is 25.0 Å². The number of fused-ring (bicyclic) bond motifs is 2. The number of nitrogens with one attached hydrogen (secondary N) is 2. The Morgan fingerprint density at radius 3 is 2.11 bits per heavy atom. The third kappa shape index (κ3) is 6.45. The standard InChI is InChI=1S/C32H23N5O7S2/c38-30-17-10-20-18-23(45(39,40)41)12-13-24(20)32(30)37-36-28-16-15-27(25-8-4-5-9-26(25)28)35-34-22-11-14-29(31(19-22)46(42,43)44)33-21-6-2-1-3-7-21/h1-19,33,36H,(H,39,40,41)(H,42,43,44)/p-2. The zero-order valence-corrected chi connectivity index (χ0v) is 25.1. The van der Waals surface area contributed by atoms with Crippen molar-refractivity contribution in [3.05, 3.63) is 120 Å². The average Bonchev–Trinajstić information content (AvgIpc) is 3.03. The van der Waals surface area contributed by atoms with E-state index in [0.29, 0.717) is 39.0 Å². The van der Waals surface area contributed by atoms with Gasteiger partial charge in [-0.25, -0.2) is 16.8 Å². The van der Waals surface area contributed by atoms with Crippen LogP contribution in [0.15, 0.2) is 134 Å². The van der Waals surface area contributed by atoms with Crippen LogP contribution in [-0.4, -0.2) is 37.4 Å². The Labute approximate surface area is 263 Å². The van der Waals surface area contributed by atoms with Crippen LogP contribution in [0.25, 0.3) is 16.8 Å². The molecule has 0 aliphatic heterocycles. The summed E-state index contributed by atoms with van der Waals surface area (Å²) in [7, 11) is -9.53. The molecule has 0 amide bonds. The van der Waals surface area contributed by atoms with E-state index in [1.54, 1.807) is 66.7 Å². The van der Waals surface area contributed by atoms with Gasteiger partial charge >= 0.3 is 0 Å². The number of rotatable bonds is 8. The maximum Gasteiger partial charge on any atom is 0.206 e. The Balaban J connectivity index is 1.30. The molecule has 2 N–H and O–H groups in total. The first-order valence-electron chi connectivity index (χ1n) is 13.5. The lowest BCUT2D eigenvalue weighted by Gasteiger charge is -2.16. The van der Waals surface area contributed by atoms with Gasteiger partial charge in [0, 0.05) is 22.0 Å². The molecule has 0 saturated carbocycles. The largest absolute Gasteiger partial charge is 0.744 e. The first kappa shape index (κ1) is 30.5. The molecule has 0 aromatic heterocycles. The molecule has 0 atom stereocenters. The normalized spacial score (nSPS) is 14.1. The van der Waals surface area contributed by atoms with Gasteiger partial charge in [0.05, 0.1) is 32.5 Å². The molecule has 0 fully saturated rings. The number of hydrazone groups is 1. The van der Waals surface area contributed by atoms with Crippen LogP contribution in [0.1, 0.15) is 11.1 Å².